The third kappa shape index (κ3) is 2.15. The van der Waals surface area contributed by atoms with Crippen LogP contribution in [0.3, 0.4) is 0 Å². The molecular formula is C4H5NSZn. The van der Waals surface area contributed by atoms with Crippen molar-refractivity contribution < 1.29 is 19.5 Å². The molecule has 1 aromatic rings. The zero-order valence-corrected chi connectivity index (χ0v) is 8.00. The largest absolute Gasteiger partial charge is 0.253 e. The molecule has 0 aromatic carbocycles. The molecule has 0 aliphatic carbocycles. The summed E-state index contributed by atoms with van der Waals surface area (Å²) in [5.41, 5.74) is 1.83. The van der Waals surface area contributed by atoms with Crippen LogP contribution < -0.4 is 0 Å². The summed E-state index contributed by atoms with van der Waals surface area (Å²) in [7, 11) is 0. The van der Waals surface area contributed by atoms with Gasteiger partial charge in [-0.1, -0.05) is 0 Å². The van der Waals surface area contributed by atoms with Crippen LogP contribution in [0.4, 0.5) is 0 Å². The smallest absolute Gasteiger partial charge is 0.0794 e. The Kier molecular flexibility index (Phi) is 3.40. The van der Waals surface area contributed by atoms with Gasteiger partial charge < -0.3 is 0 Å². The first kappa shape index (κ1) is 7.25. The van der Waals surface area contributed by atoms with Gasteiger partial charge in [0, 0.05) is 30.6 Å². The molecule has 0 spiro atoms. The average Bonchev–Trinajstić information content (AvgIpc) is 1.86. The van der Waals surface area contributed by atoms with Gasteiger partial charge in [0.2, 0.25) is 0 Å². The van der Waals surface area contributed by atoms with Gasteiger partial charge in [0.05, 0.1) is 5.51 Å². The molecule has 0 fully saturated rings. The van der Waals surface area contributed by atoms with Crippen LogP contribution in [0.15, 0.2) is 11.7 Å². The van der Waals surface area contributed by atoms with Gasteiger partial charge in [-0.15, -0.1) is 11.3 Å². The van der Waals surface area contributed by atoms with Gasteiger partial charge in [-0.05, 0) is 6.92 Å². The van der Waals surface area contributed by atoms with Crippen molar-refractivity contribution in [3.05, 3.63) is 16.6 Å². The number of nitrogens with zero attached hydrogens (tertiary/aromatic N) is 1. The fourth-order valence-corrected chi connectivity index (χ4v) is 0.689. The minimum absolute atomic E-state index is 0. The van der Waals surface area contributed by atoms with E-state index < -0.39 is 0 Å². The summed E-state index contributed by atoms with van der Waals surface area (Å²) in [6, 6.07) is 0. The molecule has 0 atom stereocenters. The molecule has 0 aliphatic heterocycles. The maximum Gasteiger partial charge on any atom is 0.0794 e. The van der Waals surface area contributed by atoms with Crippen LogP contribution in [-0.4, -0.2) is 4.98 Å². The predicted molar refractivity (Wildman–Crippen MR) is 26.9 cm³/mol. The molecule has 1 aromatic heterocycles. The molecule has 0 saturated heterocycles. The standard InChI is InChI=1S/C4H5NS.Zn/c1-4-2-5-3-6-4;/h2-3H,1H3;. The Morgan fingerprint density at radius 3 is 2.57 bits per heavy atom. The third-order valence-corrected chi connectivity index (χ3v) is 1.26. The molecule has 7 heavy (non-hydrogen) atoms. The van der Waals surface area contributed by atoms with E-state index in [1.165, 1.54) is 4.88 Å². The minimum Gasteiger partial charge on any atom is -0.253 e. The van der Waals surface area contributed by atoms with Crippen LogP contribution in [0, 0.1) is 6.92 Å². The van der Waals surface area contributed by atoms with E-state index in [0.29, 0.717) is 0 Å². The summed E-state index contributed by atoms with van der Waals surface area (Å²) < 4.78 is 0. The van der Waals surface area contributed by atoms with Crippen LogP contribution >= 0.6 is 11.3 Å². The Morgan fingerprint density at radius 1 is 1.71 bits per heavy atom. The monoisotopic (exact) mass is 163 g/mol. The quantitative estimate of drug-likeness (QED) is 0.529. The van der Waals surface area contributed by atoms with Gasteiger partial charge >= 0.3 is 0 Å². The van der Waals surface area contributed by atoms with Crippen molar-refractivity contribution >= 4 is 11.3 Å². The number of aromatic nitrogens is 1. The molecule has 0 N–H and O–H groups in total. The van der Waals surface area contributed by atoms with E-state index in [9.17, 15) is 0 Å². The molecule has 3 heteroatoms. The molecular weight excluding hydrogens is 160 g/mol. The molecule has 0 aliphatic rings. The SMILES string of the molecule is Cc1cncs1.[Zn]. The number of aryl methyl sites for hydroxylation is 1. The van der Waals surface area contributed by atoms with E-state index in [1.54, 1.807) is 11.3 Å². The van der Waals surface area contributed by atoms with Gasteiger partial charge in [0.1, 0.15) is 0 Å². The maximum atomic E-state index is 3.84. The first-order valence-electron chi connectivity index (χ1n) is 1.74. The van der Waals surface area contributed by atoms with Crippen LogP contribution in [-0.2, 0) is 19.5 Å². The van der Waals surface area contributed by atoms with Crippen LogP contribution in [0.1, 0.15) is 4.88 Å². The molecule has 34 valence electrons. The van der Waals surface area contributed by atoms with Crippen molar-refractivity contribution in [3.63, 3.8) is 0 Å². The predicted octanol–water partition coefficient (Wildman–Crippen LogP) is 1.45. The number of hydrogen-bond acceptors (Lipinski definition) is 2. The van der Waals surface area contributed by atoms with Crippen molar-refractivity contribution in [2.24, 2.45) is 0 Å². The second-order valence-electron chi connectivity index (χ2n) is 1.11. The molecule has 0 amide bonds. The van der Waals surface area contributed by atoms with E-state index in [-0.39, 0.29) is 19.5 Å². The Morgan fingerprint density at radius 2 is 2.43 bits per heavy atom. The Bertz CT molecular complexity index is 115. The second-order valence-corrected chi connectivity index (χ2v) is 2.20. The molecule has 1 nitrogen and oxygen atoms in total. The Balaban J connectivity index is 0.000000360. The van der Waals surface area contributed by atoms with Crippen molar-refractivity contribution in [2.75, 3.05) is 0 Å². The van der Waals surface area contributed by atoms with Gasteiger partial charge in [-0.3, -0.25) is 4.98 Å². The van der Waals surface area contributed by atoms with Crippen LogP contribution in [0.5, 0.6) is 0 Å². The summed E-state index contributed by atoms with van der Waals surface area (Å²) in [6.45, 7) is 2.04. The van der Waals surface area contributed by atoms with E-state index in [4.69, 9.17) is 0 Å². The molecule has 1 heterocycles. The van der Waals surface area contributed by atoms with Crippen molar-refractivity contribution in [3.8, 4) is 0 Å². The fourth-order valence-electron chi connectivity index (χ4n) is 0.279. The van der Waals surface area contributed by atoms with Crippen molar-refractivity contribution in [2.45, 2.75) is 6.92 Å². The molecule has 0 saturated carbocycles. The summed E-state index contributed by atoms with van der Waals surface area (Å²) in [6.07, 6.45) is 1.85. The average molecular weight is 165 g/mol. The molecule has 1 rings (SSSR count). The summed E-state index contributed by atoms with van der Waals surface area (Å²) >= 11 is 1.67. The fraction of sp³-hybridized carbons (Fsp3) is 0.250. The zero-order chi connectivity index (χ0) is 4.41. The van der Waals surface area contributed by atoms with Crippen LogP contribution in [0.25, 0.3) is 0 Å². The number of hydrogen-bond donors (Lipinski definition) is 0. The van der Waals surface area contributed by atoms with E-state index in [0.717, 1.165) is 0 Å². The summed E-state index contributed by atoms with van der Waals surface area (Å²) in [5.74, 6) is 0. The van der Waals surface area contributed by atoms with Crippen molar-refractivity contribution in [1.29, 1.82) is 0 Å². The first-order valence-corrected chi connectivity index (χ1v) is 2.62. The second kappa shape index (κ2) is 3.28. The minimum atomic E-state index is 0. The van der Waals surface area contributed by atoms with E-state index in [1.807, 2.05) is 18.6 Å². The molecule has 0 unspecified atom stereocenters. The van der Waals surface area contributed by atoms with Gasteiger partial charge in [-0.25, -0.2) is 0 Å². The maximum absolute atomic E-state index is 3.84. The molecule has 0 bridgehead atoms. The summed E-state index contributed by atoms with van der Waals surface area (Å²) in [5, 5.41) is 0. The number of thiazole rings is 1. The van der Waals surface area contributed by atoms with Gasteiger partial charge in [0.15, 0.2) is 0 Å². The van der Waals surface area contributed by atoms with Crippen molar-refractivity contribution in [1.82, 2.24) is 4.98 Å². The topological polar surface area (TPSA) is 12.9 Å². The number of rotatable bonds is 0. The Labute approximate surface area is 59.5 Å². The van der Waals surface area contributed by atoms with E-state index in [2.05, 4.69) is 4.98 Å². The Hall–Kier alpha value is 0.253. The van der Waals surface area contributed by atoms with Gasteiger partial charge in [0.25, 0.3) is 0 Å². The molecule has 0 radical (unpaired) electrons. The first-order chi connectivity index (χ1) is 2.89. The third-order valence-electron chi connectivity index (χ3n) is 0.556. The normalized spacial score (nSPS) is 7.57. The van der Waals surface area contributed by atoms with E-state index >= 15 is 0 Å². The van der Waals surface area contributed by atoms with Gasteiger partial charge in [-0.2, -0.15) is 0 Å². The van der Waals surface area contributed by atoms with Crippen LogP contribution in [0.2, 0.25) is 0 Å². The summed E-state index contributed by atoms with van der Waals surface area (Å²) in [4.78, 5) is 5.11. The zero-order valence-electron chi connectivity index (χ0n) is 4.22.